The van der Waals surface area contributed by atoms with Gasteiger partial charge in [-0.05, 0) is 25.0 Å². The van der Waals surface area contributed by atoms with Gasteiger partial charge >= 0.3 is 0 Å². The second-order valence-corrected chi connectivity index (χ2v) is 5.79. The van der Waals surface area contributed by atoms with E-state index in [0.717, 1.165) is 37.4 Å². The number of hydrogen-bond donors (Lipinski definition) is 0. The number of carbonyl (C=O) groups excluding carboxylic acids is 1. The van der Waals surface area contributed by atoms with Gasteiger partial charge < -0.3 is 14.4 Å². The fourth-order valence-corrected chi connectivity index (χ4v) is 2.86. The highest BCUT2D eigenvalue weighted by atomic mass is 16.5. The molecule has 1 fully saturated rings. The molecule has 0 unspecified atom stereocenters. The summed E-state index contributed by atoms with van der Waals surface area (Å²) in [6.07, 6.45) is 5.15. The molecule has 0 saturated carbocycles. The molecule has 1 aromatic heterocycles. The molecule has 0 radical (unpaired) electrons. The topological polar surface area (TPSA) is 64.5 Å². The fraction of sp³-hybridized carbons (Fsp3) is 0.389. The second kappa shape index (κ2) is 7.88. The van der Waals surface area contributed by atoms with E-state index in [1.807, 2.05) is 35.2 Å². The van der Waals surface area contributed by atoms with Gasteiger partial charge in [0.2, 0.25) is 11.8 Å². The third kappa shape index (κ3) is 4.08. The predicted molar refractivity (Wildman–Crippen MR) is 89.0 cm³/mol. The number of ether oxygens (including phenoxy) is 2. The van der Waals surface area contributed by atoms with Crippen molar-refractivity contribution in [3.63, 3.8) is 0 Å². The average molecular weight is 327 g/mol. The standard InChI is InChI=1S/C18H21N3O3/c1-23-13-18(22)21-9-7-14(8-10-21)16-11-19-12-17(20-16)24-15-5-3-2-4-6-15/h2-6,11-12,14H,7-10,13H2,1H3. The van der Waals surface area contributed by atoms with Gasteiger partial charge in [0.25, 0.3) is 0 Å². The normalized spacial score (nSPS) is 15.3. The Morgan fingerprint density at radius 1 is 1.21 bits per heavy atom. The molecule has 0 atom stereocenters. The smallest absolute Gasteiger partial charge is 0.248 e. The monoisotopic (exact) mass is 327 g/mol. The van der Waals surface area contributed by atoms with Crippen molar-refractivity contribution in [2.24, 2.45) is 0 Å². The van der Waals surface area contributed by atoms with Crippen LogP contribution in [0.3, 0.4) is 0 Å². The molecule has 1 aliphatic rings. The van der Waals surface area contributed by atoms with Crippen molar-refractivity contribution >= 4 is 5.91 Å². The molecule has 24 heavy (non-hydrogen) atoms. The maximum atomic E-state index is 11.9. The highest BCUT2D eigenvalue weighted by Gasteiger charge is 2.25. The van der Waals surface area contributed by atoms with Crippen molar-refractivity contribution in [1.29, 1.82) is 0 Å². The molecule has 0 N–H and O–H groups in total. The molecule has 2 heterocycles. The highest BCUT2D eigenvalue weighted by Crippen LogP contribution is 2.28. The zero-order chi connectivity index (χ0) is 16.8. The Morgan fingerprint density at radius 2 is 1.96 bits per heavy atom. The summed E-state index contributed by atoms with van der Waals surface area (Å²) in [5, 5.41) is 0. The van der Waals surface area contributed by atoms with Crippen molar-refractivity contribution in [3.8, 4) is 11.6 Å². The highest BCUT2D eigenvalue weighted by molar-refractivity contribution is 5.77. The van der Waals surface area contributed by atoms with Crippen molar-refractivity contribution in [2.75, 3.05) is 26.8 Å². The zero-order valence-electron chi connectivity index (χ0n) is 13.7. The Balaban J connectivity index is 1.62. The number of benzene rings is 1. The molecule has 1 saturated heterocycles. The Hall–Kier alpha value is -2.47. The summed E-state index contributed by atoms with van der Waals surface area (Å²) in [7, 11) is 1.54. The van der Waals surface area contributed by atoms with E-state index >= 15 is 0 Å². The van der Waals surface area contributed by atoms with Gasteiger partial charge in [0.15, 0.2) is 0 Å². The predicted octanol–water partition coefficient (Wildman–Crippen LogP) is 2.62. The first-order chi connectivity index (χ1) is 11.8. The lowest BCUT2D eigenvalue weighted by molar-refractivity contribution is -0.136. The molecule has 0 spiro atoms. The second-order valence-electron chi connectivity index (χ2n) is 5.79. The van der Waals surface area contributed by atoms with E-state index < -0.39 is 0 Å². The van der Waals surface area contributed by atoms with Gasteiger partial charge in [0.05, 0.1) is 11.9 Å². The van der Waals surface area contributed by atoms with Crippen LogP contribution >= 0.6 is 0 Å². The van der Waals surface area contributed by atoms with E-state index in [-0.39, 0.29) is 12.5 Å². The number of likely N-dealkylation sites (tertiary alicyclic amines) is 1. The summed E-state index contributed by atoms with van der Waals surface area (Å²) < 4.78 is 10.7. The molecule has 6 heteroatoms. The molecule has 1 amide bonds. The van der Waals surface area contributed by atoms with Crippen molar-refractivity contribution in [1.82, 2.24) is 14.9 Å². The molecule has 0 aliphatic carbocycles. The van der Waals surface area contributed by atoms with Crippen molar-refractivity contribution < 1.29 is 14.3 Å². The summed E-state index contributed by atoms with van der Waals surface area (Å²) in [5.74, 6) is 1.58. The summed E-state index contributed by atoms with van der Waals surface area (Å²) in [6.45, 7) is 1.58. The maximum absolute atomic E-state index is 11.9. The number of methoxy groups -OCH3 is 1. The molecule has 1 aromatic carbocycles. The van der Waals surface area contributed by atoms with Crippen molar-refractivity contribution in [3.05, 3.63) is 48.4 Å². The van der Waals surface area contributed by atoms with Gasteiger partial charge in [-0.25, -0.2) is 4.98 Å². The summed E-state index contributed by atoms with van der Waals surface area (Å²) in [5.41, 5.74) is 0.919. The van der Waals surface area contributed by atoms with Crippen molar-refractivity contribution in [2.45, 2.75) is 18.8 Å². The Morgan fingerprint density at radius 3 is 2.67 bits per heavy atom. The van der Waals surface area contributed by atoms with E-state index in [2.05, 4.69) is 9.97 Å². The van der Waals surface area contributed by atoms with Gasteiger partial charge in [-0.3, -0.25) is 9.78 Å². The van der Waals surface area contributed by atoms with E-state index in [1.54, 1.807) is 19.5 Å². The first-order valence-corrected chi connectivity index (χ1v) is 8.08. The van der Waals surface area contributed by atoms with E-state index in [4.69, 9.17) is 9.47 Å². The van der Waals surface area contributed by atoms with Crippen LogP contribution in [-0.4, -0.2) is 47.6 Å². The molecule has 6 nitrogen and oxygen atoms in total. The summed E-state index contributed by atoms with van der Waals surface area (Å²) in [4.78, 5) is 22.5. The van der Waals surface area contributed by atoms with Gasteiger partial charge in [-0.15, -0.1) is 0 Å². The lowest BCUT2D eigenvalue weighted by Gasteiger charge is -2.31. The van der Waals surface area contributed by atoms with Gasteiger partial charge in [-0.1, -0.05) is 18.2 Å². The summed E-state index contributed by atoms with van der Waals surface area (Å²) >= 11 is 0. The first kappa shape index (κ1) is 16.4. The van der Waals surface area contributed by atoms with E-state index in [1.165, 1.54) is 0 Å². The molecule has 2 aromatic rings. The molecule has 1 aliphatic heterocycles. The Kier molecular flexibility index (Phi) is 5.38. The number of rotatable bonds is 5. The number of piperidine rings is 1. The SMILES string of the molecule is COCC(=O)N1CCC(c2cncc(Oc3ccccc3)n2)CC1. The maximum Gasteiger partial charge on any atom is 0.248 e. The van der Waals surface area contributed by atoms with Gasteiger partial charge in [0, 0.05) is 32.3 Å². The van der Waals surface area contributed by atoms with Crippen LogP contribution in [0.15, 0.2) is 42.7 Å². The first-order valence-electron chi connectivity index (χ1n) is 8.08. The minimum absolute atomic E-state index is 0.0446. The van der Waals surface area contributed by atoms with Gasteiger partial charge in [0.1, 0.15) is 12.4 Å². The van der Waals surface area contributed by atoms with E-state index in [0.29, 0.717) is 11.8 Å². The van der Waals surface area contributed by atoms with Crippen LogP contribution in [0.25, 0.3) is 0 Å². The molecular weight excluding hydrogens is 306 g/mol. The number of carbonyl (C=O) groups is 1. The van der Waals surface area contributed by atoms with Crippen LogP contribution in [0, 0.1) is 0 Å². The number of para-hydroxylation sites is 1. The van der Waals surface area contributed by atoms with Gasteiger partial charge in [-0.2, -0.15) is 0 Å². The number of hydrogen-bond acceptors (Lipinski definition) is 5. The Labute approximate surface area is 141 Å². The minimum atomic E-state index is 0.0446. The molecule has 3 rings (SSSR count). The van der Waals surface area contributed by atoms with Crippen LogP contribution in [0.1, 0.15) is 24.5 Å². The third-order valence-corrected chi connectivity index (χ3v) is 4.13. The number of aromatic nitrogens is 2. The molecule has 126 valence electrons. The fourth-order valence-electron chi connectivity index (χ4n) is 2.86. The largest absolute Gasteiger partial charge is 0.437 e. The number of nitrogens with zero attached hydrogens (tertiary/aromatic N) is 3. The number of amides is 1. The van der Waals surface area contributed by atoms with Crippen LogP contribution in [0.5, 0.6) is 11.6 Å². The van der Waals surface area contributed by atoms with Crippen LogP contribution in [-0.2, 0) is 9.53 Å². The lowest BCUT2D eigenvalue weighted by atomic mass is 9.94. The lowest BCUT2D eigenvalue weighted by Crippen LogP contribution is -2.39. The molecular formula is C18H21N3O3. The Bertz CT molecular complexity index is 670. The minimum Gasteiger partial charge on any atom is -0.437 e. The van der Waals surface area contributed by atoms with E-state index in [9.17, 15) is 4.79 Å². The van der Waals surface area contributed by atoms with Crippen LogP contribution in [0.2, 0.25) is 0 Å². The zero-order valence-corrected chi connectivity index (χ0v) is 13.7. The third-order valence-electron chi connectivity index (χ3n) is 4.13. The average Bonchev–Trinajstić information content (AvgIpc) is 2.63. The summed E-state index contributed by atoms with van der Waals surface area (Å²) in [6, 6.07) is 9.54. The quantitative estimate of drug-likeness (QED) is 0.844. The van der Waals surface area contributed by atoms with Crippen LogP contribution in [0.4, 0.5) is 0 Å². The van der Waals surface area contributed by atoms with Crippen LogP contribution < -0.4 is 4.74 Å². The molecule has 0 bridgehead atoms.